The number of hydrogen-bond acceptors (Lipinski definition) is 3. The molecule has 0 amide bonds. The maximum Gasteiger partial charge on any atom is 0.113 e. The van der Waals surface area contributed by atoms with Crippen molar-refractivity contribution in [2.24, 2.45) is 22.4 Å². The van der Waals surface area contributed by atoms with Crippen LogP contribution in [0.2, 0.25) is 0 Å². The predicted molar refractivity (Wildman–Crippen MR) is 94.4 cm³/mol. The van der Waals surface area contributed by atoms with Crippen LogP contribution in [0.15, 0.2) is 40.2 Å². The van der Waals surface area contributed by atoms with Gasteiger partial charge in [0, 0.05) is 16.5 Å². The van der Waals surface area contributed by atoms with Gasteiger partial charge in [0.1, 0.15) is 5.60 Å². The largest absolute Gasteiger partial charge is 0.393 e. The fourth-order valence-corrected chi connectivity index (χ4v) is 6.41. The maximum absolute atomic E-state index is 10.6. The molecule has 3 aliphatic carbocycles. The summed E-state index contributed by atoms with van der Waals surface area (Å²) in [7, 11) is 0. The van der Waals surface area contributed by atoms with E-state index in [-0.39, 0.29) is 23.0 Å². The van der Waals surface area contributed by atoms with Crippen LogP contribution in [0.1, 0.15) is 52.4 Å². The summed E-state index contributed by atoms with van der Waals surface area (Å²) in [4.78, 5) is 3.00. The number of nitrogens with zero attached hydrogens (tertiary/aromatic N) is 3. The lowest BCUT2D eigenvalue weighted by Gasteiger charge is -2.54. The van der Waals surface area contributed by atoms with Gasteiger partial charge in [-0.05, 0) is 72.6 Å². The van der Waals surface area contributed by atoms with Gasteiger partial charge in [-0.25, -0.2) is 0 Å². The molecule has 3 fully saturated rings. The molecule has 2 heterocycles. The first-order valence-corrected chi connectivity index (χ1v) is 9.53. The number of hydrogen-bond donors (Lipinski definition) is 1. The smallest absolute Gasteiger partial charge is 0.113 e. The Balaban J connectivity index is 1.65. The Labute approximate surface area is 148 Å². The van der Waals surface area contributed by atoms with Crippen molar-refractivity contribution in [3.8, 4) is 0 Å². The van der Waals surface area contributed by atoms with E-state index in [4.69, 9.17) is 10.3 Å². The number of rotatable bonds is 1. The number of fused-ring (bicyclic) bond motifs is 1. The third-order valence-electron chi connectivity index (χ3n) is 7.81. The van der Waals surface area contributed by atoms with Crippen molar-refractivity contribution in [1.82, 2.24) is 0 Å². The van der Waals surface area contributed by atoms with Gasteiger partial charge in [-0.2, -0.15) is 0 Å². The molecule has 5 heteroatoms. The molecule has 5 rings (SSSR count). The van der Waals surface area contributed by atoms with Gasteiger partial charge in [0.25, 0.3) is 0 Å². The zero-order chi connectivity index (χ0) is 17.4. The average molecular weight is 339 g/mol. The molecule has 25 heavy (non-hydrogen) atoms. The van der Waals surface area contributed by atoms with E-state index in [0.717, 1.165) is 44.2 Å². The van der Waals surface area contributed by atoms with Crippen LogP contribution in [0.4, 0.5) is 0 Å². The molecule has 0 radical (unpaired) electrons. The van der Waals surface area contributed by atoms with Gasteiger partial charge in [-0.1, -0.05) is 31.1 Å². The van der Waals surface area contributed by atoms with Crippen molar-refractivity contribution in [3.63, 3.8) is 0 Å². The van der Waals surface area contributed by atoms with Gasteiger partial charge < -0.3 is 9.84 Å². The number of ether oxygens (including phenoxy) is 1. The van der Waals surface area contributed by atoms with E-state index in [1.165, 1.54) is 11.1 Å². The molecule has 6 atom stereocenters. The van der Waals surface area contributed by atoms with Crippen LogP contribution in [0.3, 0.4) is 0 Å². The van der Waals surface area contributed by atoms with Crippen LogP contribution in [-0.4, -0.2) is 22.4 Å². The quantitative estimate of drug-likeness (QED) is 0.432. The van der Waals surface area contributed by atoms with Crippen molar-refractivity contribution in [2.45, 2.75) is 69.7 Å². The van der Waals surface area contributed by atoms with E-state index in [1.807, 2.05) is 0 Å². The lowest BCUT2D eigenvalue weighted by Crippen LogP contribution is -2.55. The molecular weight excluding hydrogens is 314 g/mol. The summed E-state index contributed by atoms with van der Waals surface area (Å²) in [5, 5.41) is 14.5. The van der Waals surface area contributed by atoms with E-state index in [2.05, 4.69) is 42.1 Å². The van der Waals surface area contributed by atoms with Crippen LogP contribution in [0.5, 0.6) is 0 Å². The molecule has 132 valence electrons. The fraction of sp³-hybridized carbons (Fsp3) is 0.700. The topological polar surface area (TPSA) is 78.2 Å². The number of allylic oxidation sites excluding steroid dienone is 1. The maximum atomic E-state index is 10.6. The summed E-state index contributed by atoms with van der Waals surface area (Å²) in [6.45, 7) is 4.33. The molecule has 5 aliphatic rings. The minimum atomic E-state index is -0.439. The Bertz CT molecular complexity index is 793. The fourth-order valence-electron chi connectivity index (χ4n) is 6.41. The Morgan fingerprint density at radius 3 is 2.96 bits per heavy atom. The van der Waals surface area contributed by atoms with E-state index in [0.29, 0.717) is 5.92 Å². The van der Waals surface area contributed by atoms with E-state index >= 15 is 0 Å². The number of aliphatic hydroxyl groups excluding tert-OH is 1. The van der Waals surface area contributed by atoms with Crippen molar-refractivity contribution < 1.29 is 9.84 Å². The molecule has 2 saturated carbocycles. The highest BCUT2D eigenvalue weighted by Crippen LogP contribution is 2.66. The first kappa shape index (κ1) is 15.7. The molecular formula is C20H25N3O2. The van der Waals surface area contributed by atoms with Crippen molar-refractivity contribution in [1.29, 1.82) is 0 Å². The highest BCUT2D eigenvalue weighted by molar-refractivity contribution is 5.51. The monoisotopic (exact) mass is 339 g/mol. The van der Waals surface area contributed by atoms with Gasteiger partial charge in [0.15, 0.2) is 0 Å². The Hall–Kier alpha value is -1.55. The molecule has 1 N–H and O–H groups in total. The molecule has 0 aromatic carbocycles. The second-order valence-corrected chi connectivity index (χ2v) is 8.87. The summed E-state index contributed by atoms with van der Waals surface area (Å²) < 4.78 is 6.93. The zero-order valence-corrected chi connectivity index (χ0v) is 14.9. The first-order valence-electron chi connectivity index (χ1n) is 9.53. The SMILES string of the molecule is C[C@H]1C=C2C=C3CC[C@@]4(C)[C@@H](CC[C@@H]4O)[C@@]34CC[C@]2(C=C1N=[N+]=[N-])O4. The second-order valence-electron chi connectivity index (χ2n) is 8.87. The van der Waals surface area contributed by atoms with Crippen LogP contribution < -0.4 is 0 Å². The zero-order valence-electron chi connectivity index (χ0n) is 14.9. The standard InChI is InChI=1S/C20H25N3O2/c1-12-9-14-10-13-5-6-18(2)16(3-4-17(18)24)20(13)8-7-19(14,25-20)11-15(12)22-23-21/h9-12,16-17,24H,3-8H2,1-2H3/t12-,16+,17-,18-,19+,20+/m0/s1. The average Bonchev–Trinajstić information content (AvgIpc) is 3.06. The molecule has 0 unspecified atom stereocenters. The van der Waals surface area contributed by atoms with Gasteiger partial charge >= 0.3 is 0 Å². The molecule has 2 bridgehead atoms. The third-order valence-corrected chi connectivity index (χ3v) is 7.81. The van der Waals surface area contributed by atoms with Gasteiger partial charge in [0.2, 0.25) is 0 Å². The van der Waals surface area contributed by atoms with E-state index in [9.17, 15) is 5.11 Å². The normalized spacial score (nSPS) is 49.9. The molecule has 2 spiro atoms. The Kier molecular flexibility index (Phi) is 3.00. The van der Waals surface area contributed by atoms with Crippen LogP contribution in [0.25, 0.3) is 10.4 Å². The Morgan fingerprint density at radius 2 is 2.16 bits per heavy atom. The van der Waals surface area contributed by atoms with Crippen LogP contribution in [0, 0.1) is 17.3 Å². The van der Waals surface area contributed by atoms with Crippen LogP contribution >= 0.6 is 0 Å². The number of aliphatic hydroxyl groups is 1. The molecule has 0 aromatic heterocycles. The summed E-state index contributed by atoms with van der Waals surface area (Å²) in [5.74, 6) is 0.499. The van der Waals surface area contributed by atoms with Crippen molar-refractivity contribution >= 4 is 0 Å². The lowest BCUT2D eigenvalue weighted by atomic mass is 9.58. The summed E-state index contributed by atoms with van der Waals surface area (Å²) in [5.41, 5.74) is 11.6. The van der Waals surface area contributed by atoms with E-state index < -0.39 is 5.60 Å². The summed E-state index contributed by atoms with van der Waals surface area (Å²) in [6.07, 6.45) is 12.3. The molecule has 0 aromatic rings. The molecule has 1 saturated heterocycles. The third kappa shape index (κ3) is 1.79. The lowest BCUT2D eigenvalue weighted by molar-refractivity contribution is -0.134. The van der Waals surface area contributed by atoms with Gasteiger partial charge in [-0.15, -0.1) is 0 Å². The molecule has 5 nitrogen and oxygen atoms in total. The van der Waals surface area contributed by atoms with E-state index in [1.54, 1.807) is 0 Å². The highest BCUT2D eigenvalue weighted by atomic mass is 16.5. The minimum Gasteiger partial charge on any atom is -0.393 e. The minimum absolute atomic E-state index is 0.0383. The number of azide groups is 1. The van der Waals surface area contributed by atoms with Crippen molar-refractivity contribution in [2.75, 3.05) is 0 Å². The van der Waals surface area contributed by atoms with Crippen LogP contribution in [-0.2, 0) is 4.74 Å². The highest BCUT2D eigenvalue weighted by Gasteiger charge is 2.66. The molecule has 2 aliphatic heterocycles. The summed E-state index contributed by atoms with van der Waals surface area (Å²) in [6, 6.07) is 0. The van der Waals surface area contributed by atoms with Gasteiger partial charge in [0.05, 0.1) is 11.7 Å². The first-order chi connectivity index (χ1) is 11.9. The van der Waals surface area contributed by atoms with Gasteiger partial charge in [-0.3, -0.25) is 0 Å². The Morgan fingerprint density at radius 1 is 1.32 bits per heavy atom. The van der Waals surface area contributed by atoms with Crippen molar-refractivity contribution in [3.05, 3.63) is 45.5 Å². The second kappa shape index (κ2) is 4.79. The summed E-state index contributed by atoms with van der Waals surface area (Å²) >= 11 is 0. The predicted octanol–water partition coefficient (Wildman–Crippen LogP) is 4.56.